The fourth-order valence-corrected chi connectivity index (χ4v) is 1.95. The lowest BCUT2D eigenvalue weighted by Crippen LogP contribution is -2.02. The first-order valence-corrected chi connectivity index (χ1v) is 5.71. The number of nitrogens with one attached hydrogen (secondary N) is 1. The lowest BCUT2D eigenvalue weighted by Gasteiger charge is -2.08. The number of aryl methyl sites for hydroxylation is 2. The summed E-state index contributed by atoms with van der Waals surface area (Å²) in [5.41, 5.74) is 2.81. The van der Waals surface area contributed by atoms with Crippen LogP contribution in [0, 0.1) is 6.92 Å². The molecule has 0 unspecified atom stereocenters. The highest BCUT2D eigenvalue weighted by Gasteiger charge is 2.13. The Bertz CT molecular complexity index is 549. The number of hydrogen-bond acceptors (Lipinski definition) is 4. The number of aromatic hydroxyl groups is 1. The first kappa shape index (κ1) is 12.3. The molecule has 2 rings (SSSR count). The molecule has 0 saturated carbocycles. The van der Waals surface area contributed by atoms with E-state index >= 15 is 0 Å². The largest absolute Gasteiger partial charge is 0.508 e. The molecule has 96 valence electrons. The summed E-state index contributed by atoms with van der Waals surface area (Å²) in [5.74, 6) is 0.995. The van der Waals surface area contributed by atoms with Crippen molar-refractivity contribution in [2.75, 3.05) is 12.4 Å². The van der Waals surface area contributed by atoms with Gasteiger partial charge in [-0.15, -0.1) is 0 Å². The summed E-state index contributed by atoms with van der Waals surface area (Å²) in [6, 6.07) is 7.02. The quantitative estimate of drug-likeness (QED) is 0.868. The predicted octanol–water partition coefficient (Wildman–Crippen LogP) is 2.05. The van der Waals surface area contributed by atoms with E-state index in [9.17, 15) is 5.11 Å². The molecule has 0 atom stereocenters. The predicted molar refractivity (Wildman–Crippen MR) is 69.9 cm³/mol. The van der Waals surface area contributed by atoms with E-state index in [2.05, 4.69) is 10.4 Å². The summed E-state index contributed by atoms with van der Waals surface area (Å²) < 4.78 is 7.04. The Morgan fingerprint density at radius 1 is 1.44 bits per heavy atom. The Labute approximate surface area is 106 Å². The molecule has 0 amide bonds. The average Bonchev–Trinajstić information content (AvgIpc) is 2.60. The van der Waals surface area contributed by atoms with Crippen LogP contribution < -0.4 is 10.1 Å². The molecule has 0 aliphatic rings. The number of rotatable bonds is 4. The number of hydrogen-bond donors (Lipinski definition) is 2. The monoisotopic (exact) mass is 247 g/mol. The summed E-state index contributed by atoms with van der Waals surface area (Å²) >= 11 is 0. The Morgan fingerprint density at radius 3 is 2.89 bits per heavy atom. The molecule has 18 heavy (non-hydrogen) atoms. The Balaban J connectivity index is 2.15. The van der Waals surface area contributed by atoms with Crippen LogP contribution in [0.2, 0.25) is 0 Å². The van der Waals surface area contributed by atoms with Gasteiger partial charge >= 0.3 is 0 Å². The lowest BCUT2D eigenvalue weighted by molar-refractivity contribution is 0.370. The van der Waals surface area contributed by atoms with Crippen molar-refractivity contribution in [3.05, 3.63) is 35.5 Å². The maximum atomic E-state index is 9.39. The van der Waals surface area contributed by atoms with Gasteiger partial charge in [0.1, 0.15) is 5.75 Å². The number of phenolic OH excluding ortho intramolecular Hbond substituents is 1. The molecule has 2 aromatic rings. The Kier molecular flexibility index (Phi) is 3.41. The van der Waals surface area contributed by atoms with Gasteiger partial charge in [-0.3, -0.25) is 0 Å². The maximum absolute atomic E-state index is 9.39. The highest BCUT2D eigenvalue weighted by Crippen LogP contribution is 2.23. The van der Waals surface area contributed by atoms with E-state index in [1.807, 2.05) is 20.0 Å². The minimum absolute atomic E-state index is 0.245. The topological polar surface area (TPSA) is 59.3 Å². The second-order valence-electron chi connectivity index (χ2n) is 4.10. The molecule has 5 nitrogen and oxygen atoms in total. The molecular formula is C13H17N3O2. The molecule has 0 saturated heterocycles. The molecule has 0 bridgehead atoms. The van der Waals surface area contributed by atoms with Gasteiger partial charge in [-0.25, -0.2) is 4.68 Å². The van der Waals surface area contributed by atoms with E-state index in [1.54, 1.807) is 30.0 Å². The molecule has 1 heterocycles. The standard InChI is InChI=1S/C13H17N3O2/c1-9-12(13(18-3)16(2)15-9)8-14-10-5-4-6-11(17)7-10/h4-7,14,17H,8H2,1-3H3. The Hall–Kier alpha value is -2.17. The van der Waals surface area contributed by atoms with Crippen molar-refractivity contribution >= 4 is 5.69 Å². The van der Waals surface area contributed by atoms with Gasteiger partial charge in [0.2, 0.25) is 5.88 Å². The number of phenols is 1. The number of methoxy groups -OCH3 is 1. The third-order valence-electron chi connectivity index (χ3n) is 2.80. The van der Waals surface area contributed by atoms with Crippen LogP contribution in [0.15, 0.2) is 24.3 Å². The van der Waals surface area contributed by atoms with Crippen LogP contribution in [0.4, 0.5) is 5.69 Å². The normalized spacial score (nSPS) is 10.4. The van der Waals surface area contributed by atoms with E-state index in [4.69, 9.17) is 4.74 Å². The van der Waals surface area contributed by atoms with Gasteiger partial charge < -0.3 is 15.2 Å². The number of benzene rings is 1. The van der Waals surface area contributed by atoms with Gasteiger partial charge in [-0.2, -0.15) is 5.10 Å². The molecule has 0 aliphatic carbocycles. The van der Waals surface area contributed by atoms with Crippen molar-refractivity contribution in [3.63, 3.8) is 0 Å². The first-order chi connectivity index (χ1) is 8.61. The zero-order valence-corrected chi connectivity index (χ0v) is 10.8. The molecular weight excluding hydrogens is 230 g/mol. The smallest absolute Gasteiger partial charge is 0.216 e. The minimum Gasteiger partial charge on any atom is -0.508 e. The number of ether oxygens (including phenoxy) is 1. The van der Waals surface area contributed by atoms with Crippen molar-refractivity contribution in [2.24, 2.45) is 7.05 Å². The van der Waals surface area contributed by atoms with E-state index in [1.165, 1.54) is 0 Å². The highest BCUT2D eigenvalue weighted by molar-refractivity contribution is 5.49. The molecule has 0 aliphatic heterocycles. The second-order valence-corrected chi connectivity index (χ2v) is 4.10. The van der Waals surface area contributed by atoms with Crippen LogP contribution in [-0.2, 0) is 13.6 Å². The number of aromatic nitrogens is 2. The van der Waals surface area contributed by atoms with Crippen LogP contribution in [0.25, 0.3) is 0 Å². The summed E-state index contributed by atoms with van der Waals surface area (Å²) in [6.45, 7) is 2.55. The molecule has 1 aromatic carbocycles. The van der Waals surface area contributed by atoms with Crippen LogP contribution in [0.3, 0.4) is 0 Å². The summed E-state index contributed by atoms with van der Waals surface area (Å²) in [5, 5.41) is 16.9. The highest BCUT2D eigenvalue weighted by atomic mass is 16.5. The average molecular weight is 247 g/mol. The fourth-order valence-electron chi connectivity index (χ4n) is 1.95. The first-order valence-electron chi connectivity index (χ1n) is 5.71. The van der Waals surface area contributed by atoms with Crippen molar-refractivity contribution < 1.29 is 9.84 Å². The summed E-state index contributed by atoms with van der Waals surface area (Å²) in [4.78, 5) is 0. The van der Waals surface area contributed by atoms with Crippen molar-refractivity contribution in [1.82, 2.24) is 9.78 Å². The molecule has 0 radical (unpaired) electrons. The van der Waals surface area contributed by atoms with Crippen LogP contribution in [0.1, 0.15) is 11.3 Å². The SMILES string of the molecule is COc1c(CNc2cccc(O)c2)c(C)nn1C. The van der Waals surface area contributed by atoms with Crippen molar-refractivity contribution in [2.45, 2.75) is 13.5 Å². The van der Waals surface area contributed by atoms with Gasteiger partial charge in [0.25, 0.3) is 0 Å². The Morgan fingerprint density at radius 2 is 2.22 bits per heavy atom. The third kappa shape index (κ3) is 2.40. The zero-order valence-electron chi connectivity index (χ0n) is 10.8. The number of nitrogens with zero attached hydrogens (tertiary/aromatic N) is 2. The van der Waals surface area contributed by atoms with Gasteiger partial charge in [0.05, 0.1) is 18.4 Å². The van der Waals surface area contributed by atoms with E-state index < -0.39 is 0 Å². The van der Waals surface area contributed by atoms with Crippen LogP contribution >= 0.6 is 0 Å². The van der Waals surface area contributed by atoms with Gasteiger partial charge in [0, 0.05) is 25.3 Å². The van der Waals surface area contributed by atoms with E-state index in [-0.39, 0.29) is 5.75 Å². The molecule has 2 N–H and O–H groups in total. The minimum atomic E-state index is 0.245. The lowest BCUT2D eigenvalue weighted by atomic mass is 10.2. The van der Waals surface area contributed by atoms with Crippen molar-refractivity contribution in [1.29, 1.82) is 0 Å². The van der Waals surface area contributed by atoms with Gasteiger partial charge in [0.15, 0.2) is 0 Å². The second kappa shape index (κ2) is 5.00. The van der Waals surface area contributed by atoms with Gasteiger partial charge in [-0.05, 0) is 19.1 Å². The zero-order chi connectivity index (χ0) is 13.1. The molecule has 0 fully saturated rings. The van der Waals surface area contributed by atoms with Crippen molar-refractivity contribution in [3.8, 4) is 11.6 Å². The van der Waals surface area contributed by atoms with Gasteiger partial charge in [-0.1, -0.05) is 6.07 Å². The molecule has 0 spiro atoms. The van der Waals surface area contributed by atoms with Crippen LogP contribution in [0.5, 0.6) is 11.6 Å². The van der Waals surface area contributed by atoms with E-state index in [0.29, 0.717) is 6.54 Å². The maximum Gasteiger partial charge on any atom is 0.216 e. The summed E-state index contributed by atoms with van der Waals surface area (Å²) in [7, 11) is 3.48. The van der Waals surface area contributed by atoms with Crippen LogP contribution in [-0.4, -0.2) is 22.0 Å². The number of anilines is 1. The molecule has 1 aromatic heterocycles. The van der Waals surface area contributed by atoms with E-state index in [0.717, 1.165) is 22.8 Å². The fraction of sp³-hybridized carbons (Fsp3) is 0.308. The third-order valence-corrected chi connectivity index (χ3v) is 2.80. The summed E-state index contributed by atoms with van der Waals surface area (Å²) in [6.07, 6.45) is 0. The molecule has 5 heteroatoms.